The van der Waals surface area contributed by atoms with Crippen LogP contribution >= 0.6 is 11.8 Å². The van der Waals surface area contributed by atoms with Crippen molar-refractivity contribution in [2.24, 2.45) is 10.9 Å². The number of carbonyl (C=O) groups excluding carboxylic acids is 1. The number of hydrogen-bond donors (Lipinski definition) is 1. The minimum Gasteiger partial charge on any atom is -0.494 e. The Hall–Kier alpha value is -1.75. The maximum atomic E-state index is 12.1. The van der Waals surface area contributed by atoms with Gasteiger partial charge >= 0.3 is 0 Å². The van der Waals surface area contributed by atoms with Crippen LogP contribution in [0.2, 0.25) is 0 Å². The van der Waals surface area contributed by atoms with E-state index in [0.29, 0.717) is 16.8 Å². The van der Waals surface area contributed by atoms with Crippen LogP contribution in [-0.2, 0) is 4.79 Å². The molecule has 1 amide bonds. The Morgan fingerprint density at radius 1 is 1.27 bits per heavy atom. The number of allylic oxidation sites excluding steroid dienone is 1. The molecule has 5 heteroatoms. The molecule has 1 saturated carbocycles. The van der Waals surface area contributed by atoms with Gasteiger partial charge in [0, 0.05) is 0 Å². The van der Waals surface area contributed by atoms with Gasteiger partial charge in [0.15, 0.2) is 5.17 Å². The summed E-state index contributed by atoms with van der Waals surface area (Å²) in [6.07, 6.45) is 8.36. The lowest BCUT2D eigenvalue weighted by molar-refractivity contribution is -0.115. The van der Waals surface area contributed by atoms with Crippen LogP contribution in [0.4, 0.5) is 5.69 Å². The summed E-state index contributed by atoms with van der Waals surface area (Å²) in [4.78, 5) is 17.4. The third-order valence-electron chi connectivity index (χ3n) is 3.99. The number of aliphatic imine (C=N–C) groups is 1. The molecule has 1 aromatic rings. The van der Waals surface area contributed by atoms with Gasteiger partial charge < -0.3 is 10.1 Å². The predicted molar refractivity (Wildman–Crippen MR) is 90.5 cm³/mol. The second-order valence-electron chi connectivity index (χ2n) is 5.57. The molecule has 22 heavy (non-hydrogen) atoms. The number of nitrogens with one attached hydrogen (secondary N) is 1. The Balaban J connectivity index is 1.76. The normalized spacial score (nSPS) is 23.0. The lowest BCUT2D eigenvalue weighted by atomic mass is 9.89. The highest BCUT2D eigenvalue weighted by Gasteiger charge is 2.25. The number of ether oxygens (including phenoxy) is 1. The minimum absolute atomic E-state index is 0.0378. The first kappa shape index (κ1) is 15.2. The van der Waals surface area contributed by atoms with Crippen molar-refractivity contribution < 1.29 is 9.53 Å². The molecule has 0 unspecified atom stereocenters. The molecule has 1 aromatic carbocycles. The third kappa shape index (κ3) is 3.53. The number of rotatable bonds is 3. The van der Waals surface area contributed by atoms with E-state index in [-0.39, 0.29) is 5.91 Å². The second-order valence-corrected chi connectivity index (χ2v) is 6.60. The molecule has 2 fully saturated rings. The Labute approximate surface area is 135 Å². The Bertz CT molecular complexity index is 619. The molecule has 1 heterocycles. The molecule has 116 valence electrons. The molecule has 0 spiro atoms. The van der Waals surface area contributed by atoms with Crippen molar-refractivity contribution >= 4 is 28.5 Å². The first-order valence-corrected chi connectivity index (χ1v) is 8.50. The molecule has 0 bridgehead atoms. The summed E-state index contributed by atoms with van der Waals surface area (Å²) in [5.41, 5.74) is 0.728. The molecule has 1 saturated heterocycles. The lowest BCUT2D eigenvalue weighted by Gasteiger charge is -2.18. The number of thioether (sulfide) groups is 1. The van der Waals surface area contributed by atoms with Gasteiger partial charge in [0.1, 0.15) is 11.4 Å². The number of para-hydroxylation sites is 2. The maximum absolute atomic E-state index is 12.1. The van der Waals surface area contributed by atoms with Crippen LogP contribution in [0.25, 0.3) is 0 Å². The molecule has 1 N–H and O–H groups in total. The topological polar surface area (TPSA) is 50.7 Å². The van der Waals surface area contributed by atoms with Crippen molar-refractivity contribution in [3.63, 3.8) is 0 Å². The van der Waals surface area contributed by atoms with Crippen LogP contribution in [0.5, 0.6) is 5.75 Å². The molecule has 0 aromatic heterocycles. The minimum atomic E-state index is -0.0378. The predicted octanol–water partition coefficient (Wildman–Crippen LogP) is 4.01. The highest BCUT2D eigenvalue weighted by atomic mass is 32.2. The molecule has 3 rings (SSSR count). The van der Waals surface area contributed by atoms with Crippen molar-refractivity contribution in [1.82, 2.24) is 5.32 Å². The number of methoxy groups -OCH3 is 1. The summed E-state index contributed by atoms with van der Waals surface area (Å²) in [5.74, 6) is 1.20. The smallest absolute Gasteiger partial charge is 0.263 e. The number of benzene rings is 1. The second kappa shape index (κ2) is 7.01. The van der Waals surface area contributed by atoms with E-state index in [1.807, 2.05) is 24.3 Å². The largest absolute Gasteiger partial charge is 0.494 e. The van der Waals surface area contributed by atoms with Gasteiger partial charge in [-0.15, -0.1) is 0 Å². The lowest BCUT2D eigenvalue weighted by Crippen LogP contribution is -2.19. The van der Waals surface area contributed by atoms with Crippen molar-refractivity contribution in [3.8, 4) is 5.75 Å². The molecule has 1 aliphatic carbocycles. The first-order valence-electron chi connectivity index (χ1n) is 7.69. The van der Waals surface area contributed by atoms with Gasteiger partial charge in [-0.1, -0.05) is 37.5 Å². The van der Waals surface area contributed by atoms with Crippen molar-refractivity contribution in [2.45, 2.75) is 32.1 Å². The molecular weight excluding hydrogens is 296 g/mol. The van der Waals surface area contributed by atoms with Crippen LogP contribution in [0, 0.1) is 5.92 Å². The summed E-state index contributed by atoms with van der Waals surface area (Å²) in [6, 6.07) is 7.54. The van der Waals surface area contributed by atoms with Gasteiger partial charge in [0.05, 0.1) is 12.0 Å². The number of amidine groups is 1. The average Bonchev–Trinajstić information content (AvgIpc) is 2.88. The molecular formula is C17H20N2O2S. The highest BCUT2D eigenvalue weighted by Crippen LogP contribution is 2.33. The van der Waals surface area contributed by atoms with E-state index in [9.17, 15) is 4.79 Å². The molecule has 0 atom stereocenters. The van der Waals surface area contributed by atoms with E-state index in [2.05, 4.69) is 16.4 Å². The quantitative estimate of drug-likeness (QED) is 0.857. The average molecular weight is 316 g/mol. The van der Waals surface area contributed by atoms with Gasteiger partial charge in [-0.25, -0.2) is 4.99 Å². The SMILES string of the molecule is COc1ccccc1N=C1NC(=O)/C(=C/C2CCCCC2)S1. The Morgan fingerprint density at radius 2 is 2.05 bits per heavy atom. The zero-order valence-corrected chi connectivity index (χ0v) is 13.5. The zero-order valence-electron chi connectivity index (χ0n) is 12.7. The maximum Gasteiger partial charge on any atom is 0.263 e. The van der Waals surface area contributed by atoms with E-state index in [0.717, 1.165) is 10.6 Å². The Kier molecular flexibility index (Phi) is 4.83. The number of hydrogen-bond acceptors (Lipinski definition) is 4. The fourth-order valence-corrected chi connectivity index (χ4v) is 3.74. The first-order chi connectivity index (χ1) is 10.8. The number of carbonyl (C=O) groups is 1. The van der Waals surface area contributed by atoms with Crippen molar-refractivity contribution in [3.05, 3.63) is 35.2 Å². The summed E-state index contributed by atoms with van der Waals surface area (Å²) in [7, 11) is 1.62. The molecule has 1 aliphatic heterocycles. The van der Waals surface area contributed by atoms with E-state index in [1.165, 1.54) is 43.9 Å². The van der Waals surface area contributed by atoms with E-state index < -0.39 is 0 Å². The van der Waals surface area contributed by atoms with E-state index in [4.69, 9.17) is 4.74 Å². The standard InChI is InChI=1S/C17H20N2O2S/c1-21-14-10-6-5-9-13(14)18-17-19-16(20)15(22-17)11-12-7-3-2-4-8-12/h5-6,9-12H,2-4,7-8H2,1H3,(H,18,19,20)/b15-11-. The number of nitrogens with zero attached hydrogens (tertiary/aromatic N) is 1. The van der Waals surface area contributed by atoms with Crippen molar-refractivity contribution in [1.29, 1.82) is 0 Å². The number of amides is 1. The molecule has 0 radical (unpaired) electrons. The van der Waals surface area contributed by atoms with Gasteiger partial charge in [0.25, 0.3) is 5.91 Å². The summed E-state index contributed by atoms with van der Waals surface area (Å²) < 4.78 is 5.29. The van der Waals surface area contributed by atoms with E-state index >= 15 is 0 Å². The van der Waals surface area contributed by atoms with Crippen LogP contribution in [-0.4, -0.2) is 18.2 Å². The summed E-state index contributed by atoms with van der Waals surface area (Å²) in [5, 5.41) is 3.47. The molecule has 4 nitrogen and oxygen atoms in total. The van der Waals surface area contributed by atoms with Gasteiger partial charge in [-0.2, -0.15) is 0 Å². The van der Waals surface area contributed by atoms with Gasteiger partial charge in [-0.05, 0) is 42.7 Å². The zero-order chi connectivity index (χ0) is 15.4. The van der Waals surface area contributed by atoms with Crippen molar-refractivity contribution in [2.75, 3.05) is 7.11 Å². The van der Waals surface area contributed by atoms with Gasteiger partial charge in [0.2, 0.25) is 0 Å². The summed E-state index contributed by atoms with van der Waals surface area (Å²) in [6.45, 7) is 0. The van der Waals surface area contributed by atoms with Crippen LogP contribution in [0.15, 0.2) is 40.2 Å². The monoisotopic (exact) mass is 316 g/mol. The van der Waals surface area contributed by atoms with Crippen LogP contribution < -0.4 is 10.1 Å². The van der Waals surface area contributed by atoms with E-state index in [1.54, 1.807) is 7.11 Å². The Morgan fingerprint density at radius 3 is 2.82 bits per heavy atom. The summed E-state index contributed by atoms with van der Waals surface area (Å²) >= 11 is 1.42. The third-order valence-corrected chi connectivity index (χ3v) is 4.92. The molecule has 2 aliphatic rings. The van der Waals surface area contributed by atoms with Gasteiger partial charge in [-0.3, -0.25) is 4.79 Å². The van der Waals surface area contributed by atoms with Crippen LogP contribution in [0.1, 0.15) is 32.1 Å². The fraction of sp³-hybridized carbons (Fsp3) is 0.412. The fourth-order valence-electron chi connectivity index (χ4n) is 2.84. The highest BCUT2D eigenvalue weighted by molar-refractivity contribution is 8.18. The van der Waals surface area contributed by atoms with Crippen LogP contribution in [0.3, 0.4) is 0 Å².